The van der Waals surface area contributed by atoms with Gasteiger partial charge in [0.1, 0.15) is 0 Å². The van der Waals surface area contributed by atoms with Crippen molar-refractivity contribution in [2.45, 2.75) is 37.7 Å². The lowest BCUT2D eigenvalue weighted by molar-refractivity contribution is 0.000264. The van der Waals surface area contributed by atoms with Crippen molar-refractivity contribution in [2.75, 3.05) is 0 Å². The zero-order chi connectivity index (χ0) is 11.7. The molecule has 0 saturated heterocycles. The monoisotopic (exact) mass is 264 g/mol. The molecule has 90 valence electrons. The van der Waals surface area contributed by atoms with Gasteiger partial charge in [-0.1, -0.05) is 25.3 Å². The average molecular weight is 264 g/mol. The van der Waals surface area contributed by atoms with Crippen LogP contribution in [0, 0.1) is 0 Å². The molecule has 0 amide bonds. The molecule has 1 aliphatic rings. The molecule has 0 aromatic carbocycles. The summed E-state index contributed by atoms with van der Waals surface area (Å²) >= 11 is 3.51. The van der Waals surface area contributed by atoms with Gasteiger partial charge in [0.25, 0.3) is 0 Å². The summed E-state index contributed by atoms with van der Waals surface area (Å²) in [4.78, 5) is 2.55. The Morgan fingerprint density at radius 1 is 1.00 bits per heavy atom. The van der Waals surface area contributed by atoms with Crippen LogP contribution >= 0.6 is 22.7 Å². The van der Waals surface area contributed by atoms with Crippen molar-refractivity contribution in [1.82, 2.24) is 0 Å². The van der Waals surface area contributed by atoms with Crippen LogP contribution < -0.4 is 0 Å². The van der Waals surface area contributed by atoms with Gasteiger partial charge < -0.3 is 5.11 Å². The SMILES string of the molecule is OC1(c2ccsc2-c2cccs2)CCCCC1. The maximum atomic E-state index is 10.8. The van der Waals surface area contributed by atoms with Gasteiger partial charge in [0.15, 0.2) is 0 Å². The van der Waals surface area contributed by atoms with Gasteiger partial charge in [-0.05, 0) is 35.7 Å². The van der Waals surface area contributed by atoms with Gasteiger partial charge in [-0.3, -0.25) is 0 Å². The highest BCUT2D eigenvalue weighted by Crippen LogP contribution is 2.44. The maximum absolute atomic E-state index is 10.8. The number of hydrogen-bond donors (Lipinski definition) is 1. The van der Waals surface area contributed by atoms with Crippen LogP contribution in [0.5, 0.6) is 0 Å². The Bertz CT molecular complexity index is 478. The van der Waals surface area contributed by atoms with Crippen molar-refractivity contribution in [3.8, 4) is 9.75 Å². The molecular weight excluding hydrogens is 248 g/mol. The first-order valence-corrected chi connectivity index (χ1v) is 7.90. The van der Waals surface area contributed by atoms with Crippen molar-refractivity contribution in [1.29, 1.82) is 0 Å². The van der Waals surface area contributed by atoms with Gasteiger partial charge in [0.2, 0.25) is 0 Å². The van der Waals surface area contributed by atoms with Gasteiger partial charge in [-0.2, -0.15) is 0 Å². The van der Waals surface area contributed by atoms with E-state index < -0.39 is 5.60 Å². The first-order valence-electron chi connectivity index (χ1n) is 6.14. The minimum absolute atomic E-state index is 0.572. The zero-order valence-electron chi connectivity index (χ0n) is 9.69. The van der Waals surface area contributed by atoms with Crippen LogP contribution in [0.3, 0.4) is 0 Å². The molecule has 0 spiro atoms. The fraction of sp³-hybridized carbons (Fsp3) is 0.429. The molecule has 2 aromatic heterocycles. The van der Waals surface area contributed by atoms with Gasteiger partial charge in [-0.25, -0.2) is 0 Å². The lowest BCUT2D eigenvalue weighted by Crippen LogP contribution is -2.28. The number of hydrogen-bond acceptors (Lipinski definition) is 3. The summed E-state index contributed by atoms with van der Waals surface area (Å²) in [6.07, 6.45) is 5.40. The Morgan fingerprint density at radius 3 is 2.53 bits per heavy atom. The third-order valence-electron chi connectivity index (χ3n) is 3.59. The molecule has 1 fully saturated rings. The minimum Gasteiger partial charge on any atom is -0.385 e. The molecule has 3 rings (SSSR count). The van der Waals surface area contributed by atoms with Crippen LogP contribution in [-0.2, 0) is 5.60 Å². The van der Waals surface area contributed by atoms with Crippen LogP contribution in [0.2, 0.25) is 0 Å². The van der Waals surface area contributed by atoms with E-state index in [1.165, 1.54) is 16.2 Å². The summed E-state index contributed by atoms with van der Waals surface area (Å²) < 4.78 is 0. The molecule has 1 nitrogen and oxygen atoms in total. The van der Waals surface area contributed by atoms with Crippen LogP contribution in [-0.4, -0.2) is 5.11 Å². The Balaban J connectivity index is 2.01. The molecule has 0 radical (unpaired) electrons. The summed E-state index contributed by atoms with van der Waals surface area (Å²) in [7, 11) is 0. The van der Waals surface area contributed by atoms with E-state index in [0.29, 0.717) is 0 Å². The van der Waals surface area contributed by atoms with E-state index in [1.807, 2.05) is 0 Å². The van der Waals surface area contributed by atoms with Gasteiger partial charge in [0.05, 0.1) is 10.5 Å². The highest BCUT2D eigenvalue weighted by molar-refractivity contribution is 7.20. The average Bonchev–Trinajstić information content (AvgIpc) is 3.01. The highest BCUT2D eigenvalue weighted by atomic mass is 32.1. The third-order valence-corrected chi connectivity index (χ3v) is 5.56. The molecule has 1 N–H and O–H groups in total. The smallest absolute Gasteiger partial charge is 0.0911 e. The van der Waals surface area contributed by atoms with E-state index in [1.54, 1.807) is 22.7 Å². The van der Waals surface area contributed by atoms with Crippen LogP contribution in [0.1, 0.15) is 37.7 Å². The summed E-state index contributed by atoms with van der Waals surface area (Å²) in [5, 5.41) is 15.0. The standard InChI is InChI=1S/C14H16OS2/c15-14(7-2-1-3-8-14)11-6-10-17-13(11)12-5-4-9-16-12/h4-6,9-10,15H,1-3,7-8H2. The first-order chi connectivity index (χ1) is 8.30. The minimum atomic E-state index is -0.572. The fourth-order valence-electron chi connectivity index (χ4n) is 2.68. The quantitative estimate of drug-likeness (QED) is 0.838. The highest BCUT2D eigenvalue weighted by Gasteiger charge is 2.34. The molecule has 0 unspecified atom stereocenters. The largest absolute Gasteiger partial charge is 0.385 e. The van der Waals surface area contributed by atoms with Crippen molar-refractivity contribution < 1.29 is 5.11 Å². The predicted octanol–water partition coefficient (Wildman–Crippen LogP) is 4.63. The van der Waals surface area contributed by atoms with Crippen molar-refractivity contribution in [2.24, 2.45) is 0 Å². The first kappa shape index (κ1) is 11.5. The second kappa shape index (κ2) is 4.56. The fourth-order valence-corrected chi connectivity index (χ4v) is 4.56. The van der Waals surface area contributed by atoms with Crippen LogP contribution in [0.4, 0.5) is 0 Å². The Labute approximate surface area is 110 Å². The second-order valence-corrected chi connectivity index (χ2v) is 6.60. The summed E-state index contributed by atoms with van der Waals surface area (Å²) in [5.41, 5.74) is 0.585. The maximum Gasteiger partial charge on any atom is 0.0911 e. The Hall–Kier alpha value is -0.640. The number of thiophene rings is 2. The second-order valence-electron chi connectivity index (χ2n) is 4.73. The lowest BCUT2D eigenvalue weighted by Gasteiger charge is -2.32. The van der Waals surface area contributed by atoms with Gasteiger partial charge >= 0.3 is 0 Å². The van der Waals surface area contributed by atoms with Gasteiger partial charge in [-0.15, -0.1) is 22.7 Å². The predicted molar refractivity (Wildman–Crippen MR) is 74.6 cm³/mol. The zero-order valence-corrected chi connectivity index (χ0v) is 11.3. The molecular formula is C14H16OS2. The Morgan fingerprint density at radius 2 is 1.82 bits per heavy atom. The van der Waals surface area contributed by atoms with E-state index in [2.05, 4.69) is 29.0 Å². The summed E-state index contributed by atoms with van der Waals surface area (Å²) in [6, 6.07) is 6.34. The third kappa shape index (κ3) is 2.07. The van der Waals surface area contributed by atoms with E-state index in [-0.39, 0.29) is 0 Å². The van der Waals surface area contributed by atoms with E-state index >= 15 is 0 Å². The number of rotatable bonds is 2. The molecule has 3 heteroatoms. The molecule has 0 aliphatic heterocycles. The van der Waals surface area contributed by atoms with Crippen LogP contribution in [0.25, 0.3) is 9.75 Å². The van der Waals surface area contributed by atoms with E-state index in [0.717, 1.165) is 31.2 Å². The molecule has 0 atom stereocenters. The molecule has 1 saturated carbocycles. The van der Waals surface area contributed by atoms with Gasteiger partial charge in [0, 0.05) is 10.4 Å². The summed E-state index contributed by atoms with van der Waals surface area (Å²) in [6.45, 7) is 0. The molecule has 0 bridgehead atoms. The van der Waals surface area contributed by atoms with E-state index in [9.17, 15) is 5.11 Å². The van der Waals surface area contributed by atoms with Crippen molar-refractivity contribution >= 4 is 22.7 Å². The summed E-state index contributed by atoms with van der Waals surface area (Å²) in [5.74, 6) is 0. The Kier molecular flexibility index (Phi) is 3.07. The molecule has 1 aliphatic carbocycles. The van der Waals surface area contributed by atoms with Crippen molar-refractivity contribution in [3.63, 3.8) is 0 Å². The normalized spacial score (nSPS) is 19.4. The molecule has 2 aromatic rings. The lowest BCUT2D eigenvalue weighted by atomic mass is 9.80. The van der Waals surface area contributed by atoms with E-state index in [4.69, 9.17) is 0 Å². The van der Waals surface area contributed by atoms with Crippen molar-refractivity contribution in [3.05, 3.63) is 34.5 Å². The topological polar surface area (TPSA) is 20.2 Å². The number of aliphatic hydroxyl groups is 1. The molecule has 17 heavy (non-hydrogen) atoms. The molecule has 2 heterocycles. The van der Waals surface area contributed by atoms with Crippen LogP contribution in [0.15, 0.2) is 29.0 Å².